The Morgan fingerprint density at radius 3 is 2.57 bits per heavy atom. The monoisotopic (exact) mass is 385 g/mol. The summed E-state index contributed by atoms with van der Waals surface area (Å²) >= 11 is 0. The normalized spacial score (nSPS) is 14.2. The lowest BCUT2D eigenvalue weighted by molar-refractivity contribution is -0.117. The van der Waals surface area contributed by atoms with Crippen molar-refractivity contribution in [1.82, 2.24) is 5.32 Å². The van der Waals surface area contributed by atoms with E-state index in [4.69, 9.17) is 14.2 Å². The van der Waals surface area contributed by atoms with Crippen LogP contribution in [0, 0.1) is 11.7 Å². The fourth-order valence-electron chi connectivity index (χ4n) is 3.05. The summed E-state index contributed by atoms with van der Waals surface area (Å²) in [4.78, 5) is 12.4. The molecule has 0 saturated heterocycles. The molecule has 0 aromatic heterocycles. The molecule has 0 aliphatic carbocycles. The van der Waals surface area contributed by atoms with E-state index in [2.05, 4.69) is 5.32 Å². The zero-order chi connectivity index (χ0) is 20.1. The number of nitrogens with one attached hydrogen (secondary N) is 1. The average Bonchev–Trinajstić information content (AvgIpc) is 2.70. The zero-order valence-electron chi connectivity index (χ0n) is 16.2. The Bertz CT molecular complexity index is 879. The van der Waals surface area contributed by atoms with Gasteiger partial charge in [-0.2, -0.15) is 0 Å². The summed E-state index contributed by atoms with van der Waals surface area (Å²) in [7, 11) is 1.41. The minimum atomic E-state index is -0.471. The molecule has 0 saturated carbocycles. The van der Waals surface area contributed by atoms with E-state index >= 15 is 0 Å². The van der Waals surface area contributed by atoms with Gasteiger partial charge in [0.2, 0.25) is 5.91 Å². The van der Waals surface area contributed by atoms with Crippen LogP contribution in [0.5, 0.6) is 17.2 Å². The number of hydrogen-bond donors (Lipinski definition) is 1. The maximum absolute atomic E-state index is 13.8. The number of ether oxygens (including phenoxy) is 3. The Balaban J connectivity index is 1.72. The second-order valence-corrected chi connectivity index (χ2v) is 6.86. The lowest BCUT2D eigenvalue weighted by atomic mass is 9.95. The van der Waals surface area contributed by atoms with Gasteiger partial charge in [-0.1, -0.05) is 26.0 Å². The number of methoxy groups -OCH3 is 1. The highest BCUT2D eigenvalue weighted by Crippen LogP contribution is 2.34. The lowest BCUT2D eigenvalue weighted by Crippen LogP contribution is -2.30. The molecule has 0 fully saturated rings. The van der Waals surface area contributed by atoms with E-state index in [1.54, 1.807) is 12.1 Å². The molecule has 2 aromatic rings. The van der Waals surface area contributed by atoms with Crippen molar-refractivity contribution < 1.29 is 23.4 Å². The number of amides is 1. The van der Waals surface area contributed by atoms with E-state index in [0.717, 1.165) is 5.56 Å². The van der Waals surface area contributed by atoms with E-state index in [0.29, 0.717) is 30.3 Å². The van der Waals surface area contributed by atoms with Crippen LogP contribution in [-0.4, -0.2) is 26.2 Å². The Labute approximate surface area is 164 Å². The van der Waals surface area contributed by atoms with Crippen LogP contribution in [0.2, 0.25) is 0 Å². The van der Waals surface area contributed by atoms with E-state index in [1.165, 1.54) is 25.3 Å². The van der Waals surface area contributed by atoms with Gasteiger partial charge in [0.05, 0.1) is 13.2 Å². The second kappa shape index (κ2) is 8.78. The molecule has 3 rings (SSSR count). The number of hydrogen-bond acceptors (Lipinski definition) is 4. The van der Waals surface area contributed by atoms with Crippen LogP contribution >= 0.6 is 0 Å². The molecular formula is C22H24FNO4. The van der Waals surface area contributed by atoms with Crippen LogP contribution in [0.15, 0.2) is 42.5 Å². The summed E-state index contributed by atoms with van der Waals surface area (Å²) in [5.74, 6) is 1.00. The third-order valence-electron chi connectivity index (χ3n) is 4.49. The molecule has 2 aromatic carbocycles. The highest BCUT2D eigenvalue weighted by Gasteiger charge is 2.20. The van der Waals surface area contributed by atoms with Gasteiger partial charge in [0, 0.05) is 6.08 Å². The van der Waals surface area contributed by atoms with Crippen LogP contribution < -0.4 is 19.5 Å². The molecule has 28 heavy (non-hydrogen) atoms. The zero-order valence-corrected chi connectivity index (χ0v) is 16.2. The molecule has 1 heterocycles. The van der Waals surface area contributed by atoms with Crippen LogP contribution in [0.4, 0.5) is 4.39 Å². The predicted molar refractivity (Wildman–Crippen MR) is 105 cm³/mol. The molecule has 6 heteroatoms. The van der Waals surface area contributed by atoms with Crippen molar-refractivity contribution in [3.8, 4) is 17.2 Å². The predicted octanol–water partition coefficient (Wildman–Crippen LogP) is 4.13. The van der Waals surface area contributed by atoms with Gasteiger partial charge in [0.1, 0.15) is 13.2 Å². The average molecular weight is 385 g/mol. The van der Waals surface area contributed by atoms with Crippen LogP contribution in [0.3, 0.4) is 0 Å². The van der Waals surface area contributed by atoms with Crippen molar-refractivity contribution in [1.29, 1.82) is 0 Å². The molecule has 0 radical (unpaired) electrons. The first kappa shape index (κ1) is 19.7. The molecule has 1 atom stereocenters. The lowest BCUT2D eigenvalue weighted by Gasteiger charge is -2.25. The standard InChI is InChI=1S/C22H24FNO4/c1-14(2)22(16-6-8-19-20(13-16)28-11-10-27-19)24-21(25)9-5-15-4-7-18(26-3)17(23)12-15/h4-9,12-14,22H,10-11H2,1-3H3,(H,24,25)/b9-5+/t22-/m1/s1. The van der Waals surface area contributed by atoms with Crippen LogP contribution in [-0.2, 0) is 4.79 Å². The fourth-order valence-corrected chi connectivity index (χ4v) is 3.05. The van der Waals surface area contributed by atoms with Crippen molar-refractivity contribution in [2.24, 2.45) is 5.92 Å². The molecular weight excluding hydrogens is 361 g/mol. The number of rotatable bonds is 6. The van der Waals surface area contributed by atoms with E-state index in [9.17, 15) is 9.18 Å². The van der Waals surface area contributed by atoms with Gasteiger partial charge in [-0.15, -0.1) is 0 Å². The Hall–Kier alpha value is -3.02. The molecule has 0 bridgehead atoms. The highest BCUT2D eigenvalue weighted by atomic mass is 19.1. The molecule has 5 nitrogen and oxygen atoms in total. The fraction of sp³-hybridized carbons (Fsp3) is 0.318. The summed E-state index contributed by atoms with van der Waals surface area (Å²) < 4.78 is 29.9. The smallest absolute Gasteiger partial charge is 0.244 e. The maximum Gasteiger partial charge on any atom is 0.244 e. The van der Waals surface area contributed by atoms with Crippen molar-refractivity contribution in [2.45, 2.75) is 19.9 Å². The van der Waals surface area contributed by atoms with Gasteiger partial charge in [-0.05, 0) is 47.4 Å². The third-order valence-corrected chi connectivity index (χ3v) is 4.49. The van der Waals surface area contributed by atoms with E-state index < -0.39 is 5.82 Å². The van der Waals surface area contributed by atoms with Crippen LogP contribution in [0.1, 0.15) is 31.0 Å². The van der Waals surface area contributed by atoms with Crippen molar-refractivity contribution in [2.75, 3.05) is 20.3 Å². The SMILES string of the molecule is COc1ccc(/C=C/C(=O)N[C@@H](c2ccc3c(c2)OCCO3)C(C)C)cc1F. The van der Waals surface area contributed by atoms with E-state index in [-0.39, 0.29) is 23.6 Å². The van der Waals surface area contributed by atoms with Gasteiger partial charge in [-0.3, -0.25) is 4.79 Å². The first-order valence-corrected chi connectivity index (χ1v) is 9.19. The first-order valence-electron chi connectivity index (χ1n) is 9.19. The Morgan fingerprint density at radius 1 is 1.14 bits per heavy atom. The summed E-state index contributed by atoms with van der Waals surface area (Å²) in [5.41, 5.74) is 1.52. The second-order valence-electron chi connectivity index (χ2n) is 6.86. The van der Waals surface area contributed by atoms with Gasteiger partial charge in [0.25, 0.3) is 0 Å². The molecule has 1 aliphatic rings. The summed E-state index contributed by atoms with van der Waals surface area (Å²) in [6, 6.07) is 10.0. The molecule has 1 aliphatic heterocycles. The van der Waals surface area contributed by atoms with Gasteiger partial charge in [0.15, 0.2) is 23.1 Å². The molecule has 0 spiro atoms. The van der Waals surface area contributed by atoms with Crippen molar-refractivity contribution >= 4 is 12.0 Å². The number of fused-ring (bicyclic) bond motifs is 1. The molecule has 0 unspecified atom stereocenters. The third kappa shape index (κ3) is 4.63. The topological polar surface area (TPSA) is 56.8 Å². The minimum absolute atomic E-state index is 0.165. The highest BCUT2D eigenvalue weighted by molar-refractivity contribution is 5.92. The summed E-state index contributed by atoms with van der Waals surface area (Å²) in [5, 5.41) is 3.01. The maximum atomic E-state index is 13.8. The number of halogens is 1. The summed E-state index contributed by atoms with van der Waals surface area (Å²) in [6.07, 6.45) is 2.97. The largest absolute Gasteiger partial charge is 0.494 e. The van der Waals surface area contributed by atoms with E-state index in [1.807, 2.05) is 32.0 Å². The number of benzene rings is 2. The quantitative estimate of drug-likeness (QED) is 0.760. The van der Waals surface area contributed by atoms with Crippen molar-refractivity contribution in [3.05, 3.63) is 59.4 Å². The van der Waals surface area contributed by atoms with Gasteiger partial charge < -0.3 is 19.5 Å². The van der Waals surface area contributed by atoms with Crippen molar-refractivity contribution in [3.63, 3.8) is 0 Å². The number of carbonyl (C=O) groups excluding carboxylic acids is 1. The Morgan fingerprint density at radius 2 is 1.89 bits per heavy atom. The summed E-state index contributed by atoms with van der Waals surface area (Å²) in [6.45, 7) is 5.11. The molecule has 1 amide bonds. The van der Waals surface area contributed by atoms with Gasteiger partial charge in [-0.25, -0.2) is 4.39 Å². The molecule has 148 valence electrons. The number of carbonyl (C=O) groups is 1. The Kier molecular flexibility index (Phi) is 6.19. The van der Waals surface area contributed by atoms with Gasteiger partial charge >= 0.3 is 0 Å². The first-order chi connectivity index (χ1) is 13.5. The van der Waals surface area contributed by atoms with Crippen LogP contribution in [0.25, 0.3) is 6.08 Å². The minimum Gasteiger partial charge on any atom is -0.494 e. The molecule has 1 N–H and O–H groups in total.